The van der Waals surface area contributed by atoms with Crippen molar-refractivity contribution in [1.29, 1.82) is 0 Å². The van der Waals surface area contributed by atoms with E-state index in [1.54, 1.807) is 0 Å². The Balaban J connectivity index is 2.49. The maximum Gasteiger partial charge on any atom is 0.573 e. The fourth-order valence-corrected chi connectivity index (χ4v) is 1.95. The molecule has 0 spiro atoms. The summed E-state index contributed by atoms with van der Waals surface area (Å²) in [5.74, 6) is -0.441. The minimum Gasteiger partial charge on any atom is -0.404 e. The molecule has 0 bridgehead atoms. The number of alkyl halides is 3. The molecule has 0 aliphatic heterocycles. The SMILES string of the molecule is Nc1nc2cc(N)c(OC(F)(F)F)cc2s1. The van der Waals surface area contributed by atoms with E-state index in [0.29, 0.717) is 10.2 Å². The van der Waals surface area contributed by atoms with Gasteiger partial charge in [-0.2, -0.15) is 0 Å². The fourth-order valence-electron chi connectivity index (χ4n) is 1.20. The second-order valence-corrected chi connectivity index (χ2v) is 4.02. The number of thiazole rings is 1. The summed E-state index contributed by atoms with van der Waals surface area (Å²) in [6.45, 7) is 0. The van der Waals surface area contributed by atoms with Crippen LogP contribution in [0.1, 0.15) is 0 Å². The van der Waals surface area contributed by atoms with Crippen LogP contribution in [0.3, 0.4) is 0 Å². The van der Waals surface area contributed by atoms with E-state index in [0.717, 1.165) is 11.3 Å². The van der Waals surface area contributed by atoms with Crippen molar-refractivity contribution in [1.82, 2.24) is 4.98 Å². The molecule has 4 nitrogen and oxygen atoms in total. The van der Waals surface area contributed by atoms with Gasteiger partial charge in [0.2, 0.25) is 0 Å². The van der Waals surface area contributed by atoms with E-state index in [-0.39, 0.29) is 10.8 Å². The van der Waals surface area contributed by atoms with Crippen LogP contribution in [0.5, 0.6) is 5.75 Å². The third-order valence-corrected chi connectivity index (χ3v) is 2.61. The Morgan fingerprint density at radius 1 is 1.25 bits per heavy atom. The van der Waals surface area contributed by atoms with E-state index in [9.17, 15) is 13.2 Å². The summed E-state index contributed by atoms with van der Waals surface area (Å²) in [4.78, 5) is 3.89. The Hall–Kier alpha value is -1.70. The number of ether oxygens (including phenoxy) is 1. The number of nitrogens with two attached hydrogens (primary N) is 2. The zero-order chi connectivity index (χ0) is 11.9. The van der Waals surface area contributed by atoms with Crippen LogP contribution in [0.2, 0.25) is 0 Å². The van der Waals surface area contributed by atoms with E-state index >= 15 is 0 Å². The molecule has 0 saturated heterocycles. The van der Waals surface area contributed by atoms with Gasteiger partial charge in [0.15, 0.2) is 10.9 Å². The summed E-state index contributed by atoms with van der Waals surface area (Å²) in [5, 5.41) is 0.263. The van der Waals surface area contributed by atoms with Gasteiger partial charge in [-0.1, -0.05) is 11.3 Å². The molecule has 86 valence electrons. The van der Waals surface area contributed by atoms with Gasteiger partial charge in [-0.3, -0.25) is 0 Å². The van der Waals surface area contributed by atoms with Crippen molar-refractivity contribution in [3.63, 3.8) is 0 Å². The van der Waals surface area contributed by atoms with Crippen LogP contribution in [0.25, 0.3) is 10.2 Å². The quantitative estimate of drug-likeness (QED) is 0.761. The van der Waals surface area contributed by atoms with E-state index in [2.05, 4.69) is 9.72 Å². The van der Waals surface area contributed by atoms with Gasteiger partial charge in [0.25, 0.3) is 0 Å². The highest BCUT2D eigenvalue weighted by molar-refractivity contribution is 7.22. The van der Waals surface area contributed by atoms with Crippen molar-refractivity contribution in [2.45, 2.75) is 6.36 Å². The molecule has 0 atom stereocenters. The maximum atomic E-state index is 12.0. The first-order valence-corrected chi connectivity index (χ1v) is 4.88. The zero-order valence-corrected chi connectivity index (χ0v) is 8.52. The Kier molecular flexibility index (Phi) is 2.30. The van der Waals surface area contributed by atoms with Crippen molar-refractivity contribution in [2.24, 2.45) is 0 Å². The third kappa shape index (κ3) is 2.11. The van der Waals surface area contributed by atoms with Crippen LogP contribution < -0.4 is 16.2 Å². The van der Waals surface area contributed by atoms with Crippen LogP contribution in [-0.4, -0.2) is 11.3 Å². The molecule has 0 amide bonds. The molecule has 2 rings (SSSR count). The summed E-state index contributed by atoms with van der Waals surface area (Å²) in [6, 6.07) is 2.47. The number of hydrogen-bond donors (Lipinski definition) is 2. The van der Waals surface area contributed by atoms with E-state index in [1.165, 1.54) is 12.1 Å². The molecule has 0 unspecified atom stereocenters. The predicted molar refractivity (Wildman–Crippen MR) is 55.1 cm³/mol. The minimum absolute atomic E-state index is 0.130. The number of aromatic nitrogens is 1. The second kappa shape index (κ2) is 3.41. The van der Waals surface area contributed by atoms with Gasteiger partial charge in [0.05, 0.1) is 15.9 Å². The van der Waals surface area contributed by atoms with Gasteiger partial charge in [-0.25, -0.2) is 4.98 Å². The summed E-state index contributed by atoms with van der Waals surface area (Å²) >= 11 is 1.06. The average molecular weight is 249 g/mol. The Morgan fingerprint density at radius 3 is 2.56 bits per heavy atom. The van der Waals surface area contributed by atoms with Crippen LogP contribution in [0.4, 0.5) is 24.0 Å². The van der Waals surface area contributed by atoms with Crippen LogP contribution in [0, 0.1) is 0 Å². The third-order valence-electron chi connectivity index (χ3n) is 1.76. The molecule has 0 aliphatic carbocycles. The predicted octanol–water partition coefficient (Wildman–Crippen LogP) is 2.36. The molecule has 16 heavy (non-hydrogen) atoms. The lowest BCUT2D eigenvalue weighted by Crippen LogP contribution is -2.17. The first-order chi connectivity index (χ1) is 7.35. The lowest BCUT2D eigenvalue weighted by atomic mass is 10.3. The molecule has 0 aliphatic rings. The molecule has 1 heterocycles. The van der Waals surface area contributed by atoms with Crippen molar-refractivity contribution in [3.8, 4) is 5.75 Å². The lowest BCUT2D eigenvalue weighted by molar-refractivity contribution is -0.274. The fraction of sp³-hybridized carbons (Fsp3) is 0.125. The lowest BCUT2D eigenvalue weighted by Gasteiger charge is -2.10. The summed E-state index contributed by atoms with van der Waals surface area (Å²) in [7, 11) is 0. The van der Waals surface area contributed by atoms with E-state index < -0.39 is 12.1 Å². The molecule has 0 fully saturated rings. The van der Waals surface area contributed by atoms with Gasteiger partial charge in [0, 0.05) is 6.07 Å². The Labute approximate surface area is 91.6 Å². The summed E-state index contributed by atoms with van der Waals surface area (Å²) in [6.07, 6.45) is -4.77. The van der Waals surface area contributed by atoms with Gasteiger partial charge < -0.3 is 16.2 Å². The summed E-state index contributed by atoms with van der Waals surface area (Å²) in [5.41, 5.74) is 11.1. The molecular weight excluding hydrogens is 243 g/mol. The number of nitrogen functional groups attached to an aromatic ring is 2. The number of fused-ring (bicyclic) bond motifs is 1. The molecule has 1 aromatic heterocycles. The minimum atomic E-state index is -4.77. The van der Waals surface area contributed by atoms with Crippen LogP contribution in [0.15, 0.2) is 12.1 Å². The van der Waals surface area contributed by atoms with Crippen LogP contribution in [-0.2, 0) is 0 Å². The number of hydrogen-bond acceptors (Lipinski definition) is 5. The van der Waals surface area contributed by atoms with Crippen molar-refractivity contribution in [2.75, 3.05) is 11.5 Å². The topological polar surface area (TPSA) is 74.2 Å². The molecule has 1 aromatic carbocycles. The standard InChI is InChI=1S/C8H6F3N3OS/c9-8(10,11)15-5-2-6-4(1-3(5)12)14-7(13)16-6/h1-2H,12H2,(H2,13,14). The van der Waals surface area contributed by atoms with Gasteiger partial charge in [-0.05, 0) is 6.07 Å². The number of benzene rings is 1. The van der Waals surface area contributed by atoms with Crippen molar-refractivity contribution >= 4 is 32.4 Å². The molecular formula is C8H6F3N3OS. The van der Waals surface area contributed by atoms with Gasteiger partial charge >= 0.3 is 6.36 Å². The Bertz CT molecular complexity index is 537. The monoisotopic (exact) mass is 249 g/mol. The molecule has 0 saturated carbocycles. The highest BCUT2D eigenvalue weighted by Crippen LogP contribution is 2.35. The Morgan fingerprint density at radius 2 is 1.94 bits per heavy atom. The number of halogens is 3. The highest BCUT2D eigenvalue weighted by atomic mass is 32.1. The summed E-state index contributed by atoms with van der Waals surface area (Å²) < 4.78 is 40.3. The number of rotatable bonds is 1. The number of anilines is 2. The number of nitrogens with zero attached hydrogens (tertiary/aromatic N) is 1. The van der Waals surface area contributed by atoms with Gasteiger partial charge in [0.1, 0.15) is 0 Å². The van der Waals surface area contributed by atoms with E-state index in [1.807, 2.05) is 0 Å². The molecule has 8 heteroatoms. The van der Waals surface area contributed by atoms with Gasteiger partial charge in [-0.15, -0.1) is 13.2 Å². The molecule has 0 radical (unpaired) electrons. The van der Waals surface area contributed by atoms with Crippen molar-refractivity contribution in [3.05, 3.63) is 12.1 Å². The normalized spacial score (nSPS) is 11.9. The molecule has 2 aromatic rings. The van der Waals surface area contributed by atoms with Crippen molar-refractivity contribution < 1.29 is 17.9 Å². The molecule has 4 N–H and O–H groups in total. The first-order valence-electron chi connectivity index (χ1n) is 4.06. The largest absolute Gasteiger partial charge is 0.573 e. The maximum absolute atomic E-state index is 12.0. The van der Waals surface area contributed by atoms with Crippen LogP contribution >= 0.6 is 11.3 Å². The average Bonchev–Trinajstić information content (AvgIpc) is 2.42. The zero-order valence-electron chi connectivity index (χ0n) is 7.71. The second-order valence-electron chi connectivity index (χ2n) is 2.96. The highest BCUT2D eigenvalue weighted by Gasteiger charge is 2.32. The first kappa shape index (κ1) is 10.8. The smallest absolute Gasteiger partial charge is 0.404 e. The van der Waals surface area contributed by atoms with E-state index in [4.69, 9.17) is 11.5 Å².